The summed E-state index contributed by atoms with van der Waals surface area (Å²) in [5.41, 5.74) is 4.03. The first-order valence-electron chi connectivity index (χ1n) is 5.96. The molecule has 1 heterocycles. The summed E-state index contributed by atoms with van der Waals surface area (Å²) in [4.78, 5) is 2.80. The predicted molar refractivity (Wildman–Crippen MR) is 76.7 cm³/mol. The van der Waals surface area contributed by atoms with E-state index in [0.29, 0.717) is 6.04 Å². The molecule has 0 aliphatic rings. The first-order valence-corrected chi connectivity index (χ1v) is 6.78. The summed E-state index contributed by atoms with van der Waals surface area (Å²) in [5, 5.41) is 3.30. The third-order valence-corrected chi connectivity index (χ3v) is 4.55. The topological polar surface area (TPSA) is 12.0 Å². The fourth-order valence-electron chi connectivity index (χ4n) is 1.94. The van der Waals surface area contributed by atoms with Crippen LogP contribution in [0.1, 0.15) is 29.0 Å². The van der Waals surface area contributed by atoms with Crippen LogP contribution in [0.2, 0.25) is 0 Å². The van der Waals surface area contributed by atoms with E-state index >= 15 is 0 Å². The van der Waals surface area contributed by atoms with Crippen LogP contribution in [-0.2, 0) is 0 Å². The monoisotopic (exact) mass is 245 g/mol. The van der Waals surface area contributed by atoms with Crippen LogP contribution in [-0.4, -0.2) is 7.05 Å². The van der Waals surface area contributed by atoms with Gasteiger partial charge in [-0.25, -0.2) is 0 Å². The lowest BCUT2D eigenvalue weighted by Gasteiger charge is -2.06. The average Bonchev–Trinajstić information content (AvgIpc) is 2.70. The first kappa shape index (κ1) is 12.3. The zero-order valence-corrected chi connectivity index (χ0v) is 11.7. The molecule has 90 valence electrons. The van der Waals surface area contributed by atoms with Gasteiger partial charge < -0.3 is 5.32 Å². The summed E-state index contributed by atoms with van der Waals surface area (Å²) in [7, 11) is 2.01. The molecule has 1 N–H and O–H groups in total. The van der Waals surface area contributed by atoms with Gasteiger partial charge >= 0.3 is 0 Å². The zero-order chi connectivity index (χ0) is 12.4. The summed E-state index contributed by atoms with van der Waals surface area (Å²) in [6.45, 7) is 6.54. The summed E-state index contributed by atoms with van der Waals surface area (Å²) in [6.07, 6.45) is 0. The maximum absolute atomic E-state index is 3.30. The van der Waals surface area contributed by atoms with E-state index in [1.165, 1.54) is 26.4 Å². The van der Waals surface area contributed by atoms with Crippen molar-refractivity contribution in [2.24, 2.45) is 0 Å². The Morgan fingerprint density at radius 2 is 1.94 bits per heavy atom. The van der Waals surface area contributed by atoms with E-state index in [4.69, 9.17) is 0 Å². The molecule has 0 amide bonds. The molecule has 0 bridgehead atoms. The van der Waals surface area contributed by atoms with Gasteiger partial charge in [-0.1, -0.05) is 29.8 Å². The molecule has 1 aromatic heterocycles. The molecule has 2 aromatic rings. The molecule has 17 heavy (non-hydrogen) atoms. The minimum Gasteiger partial charge on any atom is -0.313 e. The van der Waals surface area contributed by atoms with E-state index < -0.39 is 0 Å². The normalized spacial score (nSPS) is 12.7. The van der Waals surface area contributed by atoms with Crippen LogP contribution in [0.3, 0.4) is 0 Å². The Morgan fingerprint density at radius 1 is 1.18 bits per heavy atom. The van der Waals surface area contributed by atoms with Crippen molar-refractivity contribution in [2.75, 3.05) is 7.05 Å². The quantitative estimate of drug-likeness (QED) is 0.849. The van der Waals surface area contributed by atoms with Gasteiger partial charge in [-0.15, -0.1) is 11.3 Å². The van der Waals surface area contributed by atoms with Gasteiger partial charge in [0.25, 0.3) is 0 Å². The third kappa shape index (κ3) is 2.59. The molecule has 1 nitrogen and oxygen atoms in total. The maximum atomic E-state index is 3.30. The van der Waals surface area contributed by atoms with Gasteiger partial charge in [0.15, 0.2) is 0 Å². The van der Waals surface area contributed by atoms with Gasteiger partial charge in [0.1, 0.15) is 0 Å². The zero-order valence-electron chi connectivity index (χ0n) is 10.9. The molecule has 1 aromatic carbocycles. The number of rotatable bonds is 3. The van der Waals surface area contributed by atoms with E-state index in [2.05, 4.69) is 56.4 Å². The first-order chi connectivity index (χ1) is 8.11. The lowest BCUT2D eigenvalue weighted by Crippen LogP contribution is -2.10. The van der Waals surface area contributed by atoms with E-state index in [-0.39, 0.29) is 0 Å². The summed E-state index contributed by atoms with van der Waals surface area (Å²) in [6, 6.07) is 11.4. The molecule has 0 saturated heterocycles. The number of aryl methyl sites for hydroxylation is 2. The maximum Gasteiger partial charge on any atom is 0.0383 e. The highest BCUT2D eigenvalue weighted by molar-refractivity contribution is 7.15. The molecular formula is C15H19NS. The van der Waals surface area contributed by atoms with Crippen molar-refractivity contribution >= 4 is 11.3 Å². The highest BCUT2D eigenvalue weighted by atomic mass is 32.1. The average molecular weight is 245 g/mol. The molecule has 0 fully saturated rings. The van der Waals surface area contributed by atoms with Crippen LogP contribution in [0, 0.1) is 13.8 Å². The third-order valence-electron chi connectivity index (χ3n) is 3.08. The lowest BCUT2D eigenvalue weighted by molar-refractivity contribution is 0.664. The van der Waals surface area contributed by atoms with E-state index in [1.807, 2.05) is 18.4 Å². The highest BCUT2D eigenvalue weighted by Gasteiger charge is 2.11. The van der Waals surface area contributed by atoms with Crippen molar-refractivity contribution in [1.82, 2.24) is 5.32 Å². The molecular weight excluding hydrogens is 226 g/mol. The molecule has 1 atom stereocenters. The standard InChI is InChI=1S/C15H19NS/c1-10-6-5-7-13(8-10)15-11(2)9-14(17-15)12(3)16-4/h5-9,12,16H,1-4H3. The second-order valence-electron chi connectivity index (χ2n) is 4.54. The molecule has 0 aliphatic heterocycles. The second-order valence-corrected chi connectivity index (χ2v) is 5.62. The summed E-state index contributed by atoms with van der Waals surface area (Å²) >= 11 is 1.89. The van der Waals surface area contributed by atoms with Crippen molar-refractivity contribution in [3.8, 4) is 10.4 Å². The molecule has 1 unspecified atom stereocenters. The van der Waals surface area contributed by atoms with Crippen LogP contribution in [0.25, 0.3) is 10.4 Å². The summed E-state index contributed by atoms with van der Waals surface area (Å²) in [5.74, 6) is 0. The van der Waals surface area contributed by atoms with E-state index in [1.54, 1.807) is 0 Å². The van der Waals surface area contributed by atoms with Crippen LogP contribution in [0.4, 0.5) is 0 Å². The Balaban J connectivity index is 2.42. The van der Waals surface area contributed by atoms with Crippen LogP contribution in [0.5, 0.6) is 0 Å². The van der Waals surface area contributed by atoms with Crippen molar-refractivity contribution in [2.45, 2.75) is 26.8 Å². The van der Waals surface area contributed by atoms with Gasteiger partial charge in [0.2, 0.25) is 0 Å². The largest absolute Gasteiger partial charge is 0.313 e. The van der Waals surface area contributed by atoms with Crippen molar-refractivity contribution in [1.29, 1.82) is 0 Å². The number of benzene rings is 1. The Morgan fingerprint density at radius 3 is 2.59 bits per heavy atom. The van der Waals surface area contributed by atoms with Crippen LogP contribution < -0.4 is 5.32 Å². The van der Waals surface area contributed by atoms with Crippen molar-refractivity contribution in [3.05, 3.63) is 46.3 Å². The Hall–Kier alpha value is -1.12. The molecule has 0 spiro atoms. The van der Waals surface area contributed by atoms with Crippen LogP contribution >= 0.6 is 11.3 Å². The minimum atomic E-state index is 0.428. The fourth-order valence-corrected chi connectivity index (χ4v) is 3.17. The molecule has 0 aliphatic carbocycles. The number of hydrogen-bond acceptors (Lipinski definition) is 2. The molecule has 0 saturated carbocycles. The van der Waals surface area contributed by atoms with Gasteiger partial charge in [0.05, 0.1) is 0 Å². The molecule has 2 rings (SSSR count). The van der Waals surface area contributed by atoms with Crippen molar-refractivity contribution in [3.63, 3.8) is 0 Å². The lowest BCUT2D eigenvalue weighted by atomic mass is 10.1. The SMILES string of the molecule is CNC(C)c1cc(C)c(-c2cccc(C)c2)s1. The second kappa shape index (κ2) is 5.03. The number of nitrogens with one attached hydrogen (secondary N) is 1. The van der Waals surface area contributed by atoms with Crippen LogP contribution in [0.15, 0.2) is 30.3 Å². The van der Waals surface area contributed by atoms with Gasteiger partial charge in [0, 0.05) is 15.8 Å². The van der Waals surface area contributed by atoms with E-state index in [0.717, 1.165) is 0 Å². The Bertz CT molecular complexity index is 513. The molecule has 2 heteroatoms. The predicted octanol–water partition coefficient (Wildman–Crippen LogP) is 4.31. The number of thiophene rings is 1. The Kier molecular flexibility index (Phi) is 3.65. The highest BCUT2D eigenvalue weighted by Crippen LogP contribution is 2.35. The van der Waals surface area contributed by atoms with Crippen molar-refractivity contribution < 1.29 is 0 Å². The summed E-state index contributed by atoms with van der Waals surface area (Å²) < 4.78 is 0. The minimum absolute atomic E-state index is 0.428. The molecule has 0 radical (unpaired) electrons. The Labute approximate surface area is 108 Å². The van der Waals surface area contributed by atoms with E-state index in [9.17, 15) is 0 Å². The van der Waals surface area contributed by atoms with Gasteiger partial charge in [-0.3, -0.25) is 0 Å². The number of hydrogen-bond donors (Lipinski definition) is 1. The van der Waals surface area contributed by atoms with Gasteiger partial charge in [-0.05, 0) is 45.0 Å². The fraction of sp³-hybridized carbons (Fsp3) is 0.333. The van der Waals surface area contributed by atoms with Gasteiger partial charge in [-0.2, -0.15) is 0 Å². The smallest absolute Gasteiger partial charge is 0.0383 e.